The lowest BCUT2D eigenvalue weighted by Crippen LogP contribution is -2.26. The highest BCUT2D eigenvalue weighted by Crippen LogP contribution is 2.22. The van der Waals surface area contributed by atoms with E-state index in [1.54, 1.807) is 24.1 Å². The van der Waals surface area contributed by atoms with Crippen LogP contribution in [0.4, 0.5) is 5.69 Å². The number of amides is 1. The van der Waals surface area contributed by atoms with Crippen molar-refractivity contribution in [3.05, 3.63) is 71.5 Å². The van der Waals surface area contributed by atoms with Crippen molar-refractivity contribution in [3.63, 3.8) is 0 Å². The molecule has 0 aliphatic heterocycles. The van der Waals surface area contributed by atoms with Crippen molar-refractivity contribution in [2.75, 3.05) is 11.9 Å². The molecular weight excluding hydrogens is 284 g/mol. The summed E-state index contributed by atoms with van der Waals surface area (Å²) in [6, 6.07) is 17.2. The maximum absolute atomic E-state index is 12.5. The molecule has 1 amide bonds. The number of nitrogens with zero attached hydrogens (tertiary/aromatic N) is 2. The van der Waals surface area contributed by atoms with Gasteiger partial charge in [0.2, 0.25) is 0 Å². The van der Waals surface area contributed by atoms with Gasteiger partial charge in [0.25, 0.3) is 5.91 Å². The molecule has 0 spiro atoms. The molecule has 0 bridgehead atoms. The Morgan fingerprint density at radius 1 is 1.05 bits per heavy atom. The van der Waals surface area contributed by atoms with Crippen molar-refractivity contribution >= 4 is 34.0 Å². The second kappa shape index (κ2) is 5.54. The Morgan fingerprint density at radius 3 is 2.57 bits per heavy atom. The zero-order chi connectivity index (χ0) is 14.8. The zero-order valence-corrected chi connectivity index (χ0v) is 12.2. The molecule has 21 heavy (non-hydrogen) atoms. The summed E-state index contributed by atoms with van der Waals surface area (Å²) in [4.78, 5) is 18.0. The lowest BCUT2D eigenvalue weighted by Gasteiger charge is -2.18. The fraction of sp³-hybridized carbons (Fsp3) is 0.0588. The van der Waals surface area contributed by atoms with E-state index >= 15 is 0 Å². The van der Waals surface area contributed by atoms with E-state index in [-0.39, 0.29) is 5.91 Å². The van der Waals surface area contributed by atoms with Gasteiger partial charge in [0, 0.05) is 24.5 Å². The molecule has 0 unspecified atom stereocenters. The van der Waals surface area contributed by atoms with E-state index in [1.807, 2.05) is 42.5 Å². The van der Waals surface area contributed by atoms with Crippen molar-refractivity contribution in [1.82, 2.24) is 4.98 Å². The third-order valence-corrected chi connectivity index (χ3v) is 3.61. The van der Waals surface area contributed by atoms with Crippen molar-refractivity contribution in [3.8, 4) is 0 Å². The maximum Gasteiger partial charge on any atom is 0.258 e. The van der Waals surface area contributed by atoms with Crippen LogP contribution in [0.25, 0.3) is 10.8 Å². The highest BCUT2D eigenvalue weighted by molar-refractivity contribution is 6.29. The first-order valence-corrected chi connectivity index (χ1v) is 6.91. The number of anilines is 1. The number of carbonyl (C=O) groups excluding carboxylic acids is 1. The predicted molar refractivity (Wildman–Crippen MR) is 85.9 cm³/mol. The average Bonchev–Trinajstić information content (AvgIpc) is 2.53. The summed E-state index contributed by atoms with van der Waals surface area (Å²) in [6.45, 7) is 0. The number of rotatable bonds is 2. The van der Waals surface area contributed by atoms with Gasteiger partial charge in [-0.25, -0.2) is 4.98 Å². The largest absolute Gasteiger partial charge is 0.311 e. The standard InChI is InChI=1S/C17H13ClN2O/c1-20(17(21)14-8-9-19-16(18)11-14)15-7-6-12-4-2-3-5-13(12)10-15/h2-11H,1H3. The maximum atomic E-state index is 12.5. The van der Waals surface area contributed by atoms with Gasteiger partial charge in [-0.1, -0.05) is 41.9 Å². The smallest absolute Gasteiger partial charge is 0.258 e. The minimum absolute atomic E-state index is 0.116. The van der Waals surface area contributed by atoms with Gasteiger partial charge in [-0.05, 0) is 35.0 Å². The third-order valence-electron chi connectivity index (χ3n) is 3.40. The molecule has 3 aromatic rings. The Morgan fingerprint density at radius 2 is 1.81 bits per heavy atom. The number of fused-ring (bicyclic) bond motifs is 1. The molecule has 3 nitrogen and oxygen atoms in total. The molecular formula is C17H13ClN2O. The molecule has 1 aromatic heterocycles. The second-order valence-corrected chi connectivity index (χ2v) is 5.15. The van der Waals surface area contributed by atoms with Gasteiger partial charge in [0.15, 0.2) is 0 Å². The van der Waals surface area contributed by atoms with Crippen molar-refractivity contribution in [2.45, 2.75) is 0 Å². The SMILES string of the molecule is CN(C(=O)c1ccnc(Cl)c1)c1ccc2ccccc2c1. The summed E-state index contributed by atoms with van der Waals surface area (Å²) in [7, 11) is 1.75. The van der Waals surface area contributed by atoms with E-state index in [9.17, 15) is 4.79 Å². The van der Waals surface area contributed by atoms with E-state index in [2.05, 4.69) is 4.98 Å². The van der Waals surface area contributed by atoms with Crippen LogP contribution in [0.1, 0.15) is 10.4 Å². The molecule has 0 radical (unpaired) electrons. The van der Waals surface area contributed by atoms with Gasteiger partial charge in [-0.3, -0.25) is 4.79 Å². The van der Waals surface area contributed by atoms with E-state index in [0.717, 1.165) is 16.5 Å². The molecule has 0 fully saturated rings. The number of halogens is 1. The Hall–Kier alpha value is -2.39. The van der Waals surface area contributed by atoms with Crippen molar-refractivity contribution in [1.29, 1.82) is 0 Å². The number of pyridine rings is 1. The molecule has 3 rings (SSSR count). The fourth-order valence-corrected chi connectivity index (χ4v) is 2.41. The van der Waals surface area contributed by atoms with E-state index in [0.29, 0.717) is 10.7 Å². The number of benzene rings is 2. The minimum atomic E-state index is -0.116. The first kappa shape index (κ1) is 13.6. The van der Waals surface area contributed by atoms with Gasteiger partial charge in [-0.15, -0.1) is 0 Å². The van der Waals surface area contributed by atoms with Gasteiger partial charge < -0.3 is 4.90 Å². The topological polar surface area (TPSA) is 33.2 Å². The molecule has 0 saturated carbocycles. The molecule has 0 N–H and O–H groups in total. The number of hydrogen-bond donors (Lipinski definition) is 0. The van der Waals surface area contributed by atoms with Crippen molar-refractivity contribution < 1.29 is 4.79 Å². The monoisotopic (exact) mass is 296 g/mol. The van der Waals surface area contributed by atoms with Crippen LogP contribution in [0, 0.1) is 0 Å². The van der Waals surface area contributed by atoms with Gasteiger partial charge in [0.05, 0.1) is 0 Å². The molecule has 2 aromatic carbocycles. The van der Waals surface area contributed by atoms with Gasteiger partial charge in [0.1, 0.15) is 5.15 Å². The Labute approximate surface area is 127 Å². The summed E-state index contributed by atoms with van der Waals surface area (Å²) >= 11 is 5.84. The first-order chi connectivity index (χ1) is 10.1. The zero-order valence-electron chi connectivity index (χ0n) is 11.5. The highest BCUT2D eigenvalue weighted by Gasteiger charge is 2.14. The van der Waals surface area contributed by atoms with Crippen molar-refractivity contribution in [2.24, 2.45) is 0 Å². The van der Waals surface area contributed by atoms with Crippen LogP contribution in [-0.4, -0.2) is 17.9 Å². The van der Waals surface area contributed by atoms with Crippen LogP contribution in [0.2, 0.25) is 5.15 Å². The summed E-state index contributed by atoms with van der Waals surface area (Å²) in [5, 5.41) is 2.56. The molecule has 1 heterocycles. The lowest BCUT2D eigenvalue weighted by atomic mass is 10.1. The Balaban J connectivity index is 1.96. The molecule has 4 heteroatoms. The second-order valence-electron chi connectivity index (χ2n) is 4.76. The van der Waals surface area contributed by atoms with Crippen LogP contribution in [0.5, 0.6) is 0 Å². The number of aromatic nitrogens is 1. The molecule has 0 atom stereocenters. The summed E-state index contributed by atoms with van der Waals surface area (Å²) in [6.07, 6.45) is 1.53. The highest BCUT2D eigenvalue weighted by atomic mass is 35.5. The van der Waals surface area contributed by atoms with Gasteiger partial charge >= 0.3 is 0 Å². The van der Waals surface area contributed by atoms with Gasteiger partial charge in [-0.2, -0.15) is 0 Å². The number of carbonyl (C=O) groups is 1. The minimum Gasteiger partial charge on any atom is -0.311 e. The summed E-state index contributed by atoms with van der Waals surface area (Å²) in [5.74, 6) is -0.116. The summed E-state index contributed by atoms with van der Waals surface area (Å²) < 4.78 is 0. The van der Waals surface area contributed by atoms with E-state index in [1.165, 1.54) is 6.20 Å². The molecule has 104 valence electrons. The lowest BCUT2D eigenvalue weighted by molar-refractivity contribution is 0.0993. The van der Waals surface area contributed by atoms with E-state index in [4.69, 9.17) is 11.6 Å². The van der Waals surface area contributed by atoms with Crippen LogP contribution >= 0.6 is 11.6 Å². The Kier molecular flexibility index (Phi) is 3.59. The normalized spacial score (nSPS) is 10.6. The van der Waals surface area contributed by atoms with Crippen LogP contribution in [0.3, 0.4) is 0 Å². The van der Waals surface area contributed by atoms with Crippen LogP contribution < -0.4 is 4.90 Å². The molecule has 0 aliphatic carbocycles. The molecule has 0 aliphatic rings. The van der Waals surface area contributed by atoms with E-state index < -0.39 is 0 Å². The Bertz CT molecular complexity index is 817. The fourth-order valence-electron chi connectivity index (χ4n) is 2.23. The average molecular weight is 297 g/mol. The van der Waals surface area contributed by atoms with Crippen LogP contribution in [0.15, 0.2) is 60.8 Å². The number of hydrogen-bond acceptors (Lipinski definition) is 2. The molecule has 0 saturated heterocycles. The van der Waals surface area contributed by atoms with Crippen LogP contribution in [-0.2, 0) is 0 Å². The first-order valence-electron chi connectivity index (χ1n) is 6.53. The third kappa shape index (κ3) is 2.73. The predicted octanol–water partition coefficient (Wildman–Crippen LogP) is 4.16. The summed E-state index contributed by atoms with van der Waals surface area (Å²) in [5.41, 5.74) is 1.36. The quantitative estimate of drug-likeness (QED) is 0.665.